The molecular formula is C12H9BrN2O3. The summed E-state index contributed by atoms with van der Waals surface area (Å²) in [6.45, 7) is 0. The second-order valence-electron chi connectivity index (χ2n) is 3.51. The van der Waals surface area contributed by atoms with Gasteiger partial charge in [0.25, 0.3) is 5.91 Å². The molecule has 0 unspecified atom stereocenters. The molecule has 0 saturated heterocycles. The summed E-state index contributed by atoms with van der Waals surface area (Å²) in [4.78, 5) is 22.9. The van der Waals surface area contributed by atoms with Gasteiger partial charge >= 0.3 is 0 Å². The quantitative estimate of drug-likeness (QED) is 0.913. The normalized spacial score (nSPS) is 10.1. The maximum atomic E-state index is 11.9. The zero-order valence-corrected chi connectivity index (χ0v) is 10.7. The Kier molecular flexibility index (Phi) is 3.47. The van der Waals surface area contributed by atoms with E-state index in [4.69, 9.17) is 10.2 Å². The molecule has 0 bridgehead atoms. The van der Waals surface area contributed by atoms with Gasteiger partial charge < -0.3 is 15.5 Å². The monoisotopic (exact) mass is 308 g/mol. The molecule has 0 aliphatic heterocycles. The molecule has 18 heavy (non-hydrogen) atoms. The third-order valence-corrected chi connectivity index (χ3v) is 2.88. The molecule has 6 heteroatoms. The molecule has 92 valence electrons. The number of hydrogen-bond acceptors (Lipinski definition) is 3. The second-order valence-corrected chi connectivity index (χ2v) is 4.23. The van der Waals surface area contributed by atoms with Gasteiger partial charge in [-0.15, -0.1) is 0 Å². The summed E-state index contributed by atoms with van der Waals surface area (Å²) in [7, 11) is 0. The number of halogens is 1. The number of carbonyl (C=O) groups is 2. The minimum absolute atomic E-state index is 0.332. The number of carbonyl (C=O) groups excluding carboxylic acids is 2. The predicted octanol–water partition coefficient (Wildman–Crippen LogP) is 2.39. The van der Waals surface area contributed by atoms with Crippen LogP contribution < -0.4 is 11.1 Å². The zero-order valence-electron chi connectivity index (χ0n) is 9.14. The number of primary amides is 1. The van der Waals surface area contributed by atoms with Crippen molar-refractivity contribution in [1.29, 1.82) is 0 Å². The number of rotatable bonds is 3. The Balaban J connectivity index is 2.20. The summed E-state index contributed by atoms with van der Waals surface area (Å²) in [5.41, 5.74) is 6.36. The zero-order chi connectivity index (χ0) is 13.1. The Hall–Kier alpha value is -2.08. The van der Waals surface area contributed by atoms with Gasteiger partial charge in [0.05, 0.1) is 11.8 Å². The van der Waals surface area contributed by atoms with Crippen LogP contribution in [0.25, 0.3) is 0 Å². The number of furan rings is 1. The molecule has 0 fully saturated rings. The first kappa shape index (κ1) is 12.4. The maximum absolute atomic E-state index is 11.9. The molecule has 2 rings (SSSR count). The van der Waals surface area contributed by atoms with Crippen LogP contribution in [0.3, 0.4) is 0 Å². The van der Waals surface area contributed by atoms with Crippen LogP contribution in [0.1, 0.15) is 20.7 Å². The first-order chi connectivity index (χ1) is 8.58. The van der Waals surface area contributed by atoms with Crippen molar-refractivity contribution in [3.8, 4) is 0 Å². The molecule has 0 radical (unpaired) electrons. The lowest BCUT2D eigenvalue weighted by Crippen LogP contribution is -2.14. The molecule has 1 aromatic heterocycles. The van der Waals surface area contributed by atoms with Crippen LogP contribution in [-0.4, -0.2) is 11.8 Å². The Morgan fingerprint density at radius 3 is 2.67 bits per heavy atom. The highest BCUT2D eigenvalue weighted by molar-refractivity contribution is 9.10. The summed E-state index contributed by atoms with van der Waals surface area (Å²) in [6, 6.07) is 7.93. The highest BCUT2D eigenvalue weighted by Gasteiger charge is 2.13. The van der Waals surface area contributed by atoms with Crippen LogP contribution in [0.15, 0.2) is 45.7 Å². The molecule has 0 saturated carbocycles. The molecule has 1 aromatic carbocycles. The van der Waals surface area contributed by atoms with Gasteiger partial charge in [-0.25, -0.2) is 0 Å². The van der Waals surface area contributed by atoms with Gasteiger partial charge in [-0.3, -0.25) is 9.59 Å². The second kappa shape index (κ2) is 5.05. The Bertz CT molecular complexity index is 607. The van der Waals surface area contributed by atoms with Crippen molar-refractivity contribution < 1.29 is 14.0 Å². The van der Waals surface area contributed by atoms with Gasteiger partial charge in [-0.2, -0.15) is 0 Å². The molecule has 2 amide bonds. The molecule has 5 nitrogen and oxygen atoms in total. The van der Waals surface area contributed by atoms with E-state index in [2.05, 4.69) is 21.2 Å². The standard InChI is InChI=1S/C12H9BrN2O3/c13-10-9(4-5-18-10)12(17)15-8-3-1-2-7(6-8)11(14)16/h1-6H,(H2,14,16)(H,15,17). The minimum Gasteiger partial charge on any atom is -0.457 e. The average molecular weight is 309 g/mol. The van der Waals surface area contributed by atoms with E-state index in [-0.39, 0.29) is 5.91 Å². The first-order valence-electron chi connectivity index (χ1n) is 5.02. The van der Waals surface area contributed by atoms with Crippen molar-refractivity contribution in [1.82, 2.24) is 0 Å². The third-order valence-electron chi connectivity index (χ3n) is 2.27. The molecule has 2 aromatic rings. The van der Waals surface area contributed by atoms with Gasteiger partial charge in [0.1, 0.15) is 0 Å². The van der Waals surface area contributed by atoms with E-state index < -0.39 is 5.91 Å². The summed E-state index contributed by atoms with van der Waals surface area (Å²) >= 11 is 3.12. The van der Waals surface area contributed by atoms with Gasteiger partial charge in [0.2, 0.25) is 5.91 Å². The van der Waals surface area contributed by atoms with E-state index in [1.54, 1.807) is 18.2 Å². The van der Waals surface area contributed by atoms with Gasteiger partial charge in [0.15, 0.2) is 4.67 Å². The summed E-state index contributed by atoms with van der Waals surface area (Å²) in [5.74, 6) is -0.882. The average Bonchev–Trinajstić information content (AvgIpc) is 2.76. The number of amides is 2. The van der Waals surface area contributed by atoms with Crippen molar-refractivity contribution >= 4 is 33.4 Å². The molecule has 3 N–H and O–H groups in total. The van der Waals surface area contributed by atoms with Crippen molar-refractivity contribution in [3.05, 3.63) is 52.4 Å². The molecule has 0 atom stereocenters. The van der Waals surface area contributed by atoms with Crippen LogP contribution in [0, 0.1) is 0 Å². The largest absolute Gasteiger partial charge is 0.457 e. The molecule has 0 aliphatic carbocycles. The fourth-order valence-electron chi connectivity index (χ4n) is 1.40. The number of hydrogen-bond donors (Lipinski definition) is 2. The smallest absolute Gasteiger partial charge is 0.260 e. The lowest BCUT2D eigenvalue weighted by molar-refractivity contribution is 0.0996. The third kappa shape index (κ3) is 2.60. The number of nitrogens with two attached hydrogens (primary N) is 1. The summed E-state index contributed by atoms with van der Waals surface area (Å²) in [6.07, 6.45) is 1.40. The molecular weight excluding hydrogens is 300 g/mol. The lowest BCUT2D eigenvalue weighted by Gasteiger charge is -2.05. The van der Waals surface area contributed by atoms with Crippen molar-refractivity contribution in [2.24, 2.45) is 5.73 Å². The number of benzene rings is 1. The Morgan fingerprint density at radius 2 is 2.06 bits per heavy atom. The van der Waals surface area contributed by atoms with Gasteiger partial charge in [0, 0.05) is 11.3 Å². The van der Waals surface area contributed by atoms with Crippen LogP contribution in [0.5, 0.6) is 0 Å². The van der Waals surface area contributed by atoms with E-state index in [0.29, 0.717) is 21.5 Å². The Labute approximate surface area is 111 Å². The van der Waals surface area contributed by atoms with Crippen LogP contribution in [-0.2, 0) is 0 Å². The lowest BCUT2D eigenvalue weighted by atomic mass is 10.2. The van der Waals surface area contributed by atoms with Crippen LogP contribution >= 0.6 is 15.9 Å². The van der Waals surface area contributed by atoms with Crippen LogP contribution in [0.4, 0.5) is 5.69 Å². The van der Waals surface area contributed by atoms with Crippen molar-refractivity contribution in [2.75, 3.05) is 5.32 Å². The Morgan fingerprint density at radius 1 is 1.28 bits per heavy atom. The maximum Gasteiger partial charge on any atom is 0.260 e. The number of anilines is 1. The van der Waals surface area contributed by atoms with Crippen LogP contribution in [0.2, 0.25) is 0 Å². The van der Waals surface area contributed by atoms with E-state index in [0.717, 1.165) is 0 Å². The highest BCUT2D eigenvalue weighted by Crippen LogP contribution is 2.19. The minimum atomic E-state index is -0.546. The summed E-state index contributed by atoms with van der Waals surface area (Å²) in [5, 5.41) is 2.64. The number of nitrogens with one attached hydrogen (secondary N) is 1. The molecule has 1 heterocycles. The first-order valence-corrected chi connectivity index (χ1v) is 5.81. The SMILES string of the molecule is NC(=O)c1cccc(NC(=O)c2ccoc2Br)c1. The van der Waals surface area contributed by atoms with Gasteiger partial charge in [-0.05, 0) is 40.2 Å². The fourth-order valence-corrected chi connectivity index (χ4v) is 1.82. The molecule has 0 spiro atoms. The highest BCUT2D eigenvalue weighted by atomic mass is 79.9. The predicted molar refractivity (Wildman–Crippen MR) is 69.3 cm³/mol. The molecule has 0 aliphatic rings. The fraction of sp³-hybridized carbons (Fsp3) is 0. The topological polar surface area (TPSA) is 85.3 Å². The van der Waals surface area contributed by atoms with E-state index in [9.17, 15) is 9.59 Å². The van der Waals surface area contributed by atoms with Crippen molar-refractivity contribution in [3.63, 3.8) is 0 Å². The van der Waals surface area contributed by atoms with E-state index >= 15 is 0 Å². The van der Waals surface area contributed by atoms with Crippen molar-refractivity contribution in [2.45, 2.75) is 0 Å². The summed E-state index contributed by atoms with van der Waals surface area (Å²) < 4.78 is 5.32. The van der Waals surface area contributed by atoms with Gasteiger partial charge in [-0.1, -0.05) is 6.07 Å². The van der Waals surface area contributed by atoms with E-state index in [1.165, 1.54) is 18.4 Å². The van der Waals surface area contributed by atoms with E-state index in [1.807, 2.05) is 0 Å².